The van der Waals surface area contributed by atoms with E-state index in [2.05, 4.69) is 30.6 Å². The van der Waals surface area contributed by atoms with Gasteiger partial charge in [-0.15, -0.1) is 0 Å². The Balaban J connectivity index is 1.47. The number of nitrogens with zero attached hydrogens (tertiary/aromatic N) is 5. The molecule has 154 valence electrons. The van der Waals surface area contributed by atoms with Crippen LogP contribution in [0.4, 0.5) is 17.6 Å². The largest absolute Gasteiger partial charge is 0.373 e. The first-order chi connectivity index (χ1) is 14.6. The van der Waals surface area contributed by atoms with Crippen LogP contribution in [0.3, 0.4) is 0 Å². The number of amides is 1. The lowest BCUT2D eigenvalue weighted by Crippen LogP contribution is -2.39. The Kier molecular flexibility index (Phi) is 6.04. The van der Waals surface area contributed by atoms with E-state index < -0.39 is 0 Å². The number of likely N-dealkylation sites (tertiary alicyclic amines) is 1. The zero-order valence-corrected chi connectivity index (χ0v) is 17.3. The molecule has 1 aliphatic heterocycles. The Morgan fingerprint density at radius 3 is 2.73 bits per heavy atom. The van der Waals surface area contributed by atoms with Gasteiger partial charge in [0.15, 0.2) is 0 Å². The van der Waals surface area contributed by atoms with E-state index in [0.29, 0.717) is 34.7 Å². The molecule has 1 aliphatic rings. The maximum atomic E-state index is 12.9. The molecule has 4 rings (SSSR count). The summed E-state index contributed by atoms with van der Waals surface area (Å²) in [5.74, 6) is 1.94. The summed E-state index contributed by atoms with van der Waals surface area (Å²) in [4.78, 5) is 32.0. The van der Waals surface area contributed by atoms with Crippen LogP contribution in [-0.4, -0.2) is 50.9 Å². The Bertz CT molecular complexity index is 1030. The number of hydrogen-bond acceptors (Lipinski definition) is 7. The van der Waals surface area contributed by atoms with Crippen molar-refractivity contribution in [2.75, 3.05) is 30.8 Å². The van der Waals surface area contributed by atoms with Crippen LogP contribution in [0.2, 0.25) is 5.02 Å². The molecule has 0 unspecified atom stereocenters. The van der Waals surface area contributed by atoms with Crippen molar-refractivity contribution >= 4 is 35.1 Å². The molecule has 1 saturated heterocycles. The third kappa shape index (κ3) is 4.65. The number of aromatic nitrogens is 4. The Hall–Kier alpha value is -3.26. The summed E-state index contributed by atoms with van der Waals surface area (Å²) < 4.78 is 0. The van der Waals surface area contributed by atoms with Gasteiger partial charge in [0.25, 0.3) is 5.91 Å². The van der Waals surface area contributed by atoms with Crippen molar-refractivity contribution in [1.29, 1.82) is 0 Å². The summed E-state index contributed by atoms with van der Waals surface area (Å²) >= 11 is 5.94. The smallest absolute Gasteiger partial charge is 0.253 e. The zero-order chi connectivity index (χ0) is 20.9. The van der Waals surface area contributed by atoms with Crippen molar-refractivity contribution in [3.8, 4) is 0 Å². The molecule has 8 nitrogen and oxygen atoms in total. The minimum absolute atomic E-state index is 0.0179. The first-order valence-corrected chi connectivity index (χ1v) is 10.1. The van der Waals surface area contributed by atoms with Crippen molar-refractivity contribution < 1.29 is 4.79 Å². The molecule has 30 heavy (non-hydrogen) atoms. The van der Waals surface area contributed by atoms with Gasteiger partial charge in [0.2, 0.25) is 5.95 Å². The molecule has 3 heterocycles. The average molecular weight is 424 g/mol. The number of rotatable bonds is 5. The van der Waals surface area contributed by atoms with E-state index in [4.69, 9.17) is 11.6 Å². The lowest BCUT2D eigenvalue weighted by molar-refractivity contribution is 0.0706. The monoisotopic (exact) mass is 423 g/mol. The Morgan fingerprint density at radius 2 is 1.93 bits per heavy atom. The lowest BCUT2D eigenvalue weighted by atomic mass is 9.94. The fourth-order valence-corrected chi connectivity index (χ4v) is 3.64. The van der Waals surface area contributed by atoms with E-state index in [1.807, 2.05) is 11.0 Å². The van der Waals surface area contributed by atoms with Gasteiger partial charge in [0, 0.05) is 48.9 Å². The highest BCUT2D eigenvalue weighted by molar-refractivity contribution is 6.30. The molecule has 1 amide bonds. The van der Waals surface area contributed by atoms with E-state index in [-0.39, 0.29) is 11.8 Å². The van der Waals surface area contributed by atoms with Gasteiger partial charge in [-0.25, -0.2) is 19.9 Å². The number of hydrogen-bond donors (Lipinski definition) is 2. The van der Waals surface area contributed by atoms with Crippen molar-refractivity contribution in [3.05, 3.63) is 65.2 Å². The maximum Gasteiger partial charge on any atom is 0.253 e. The van der Waals surface area contributed by atoms with Crippen LogP contribution in [0.5, 0.6) is 0 Å². The van der Waals surface area contributed by atoms with Crippen LogP contribution < -0.4 is 10.6 Å². The second-order valence-electron chi connectivity index (χ2n) is 7.07. The van der Waals surface area contributed by atoms with Crippen molar-refractivity contribution in [2.24, 2.45) is 0 Å². The first kappa shape index (κ1) is 20.0. The summed E-state index contributed by atoms with van der Waals surface area (Å²) in [6.45, 7) is 1.36. The number of anilines is 3. The molecule has 1 atom stereocenters. The van der Waals surface area contributed by atoms with E-state index in [9.17, 15) is 4.79 Å². The van der Waals surface area contributed by atoms with Crippen LogP contribution in [0.25, 0.3) is 0 Å². The van der Waals surface area contributed by atoms with Gasteiger partial charge < -0.3 is 15.5 Å². The van der Waals surface area contributed by atoms with E-state index in [1.54, 1.807) is 43.6 Å². The number of nitrogens with one attached hydrogen (secondary N) is 2. The molecule has 0 bridgehead atoms. The molecule has 9 heteroatoms. The third-order valence-electron chi connectivity index (χ3n) is 5.06. The van der Waals surface area contributed by atoms with E-state index >= 15 is 0 Å². The molecule has 2 aromatic heterocycles. The minimum atomic E-state index is 0.0179. The molecule has 1 aromatic carbocycles. The van der Waals surface area contributed by atoms with Gasteiger partial charge in [0.05, 0.1) is 5.69 Å². The van der Waals surface area contributed by atoms with Gasteiger partial charge in [-0.1, -0.05) is 11.6 Å². The van der Waals surface area contributed by atoms with Crippen LogP contribution in [0.15, 0.2) is 48.9 Å². The molecule has 0 radical (unpaired) electrons. The molecule has 2 N–H and O–H groups in total. The molecule has 1 fully saturated rings. The summed E-state index contributed by atoms with van der Waals surface area (Å²) in [5, 5.41) is 6.71. The van der Waals surface area contributed by atoms with Crippen molar-refractivity contribution in [1.82, 2.24) is 24.8 Å². The molecular formula is C21H22ClN7O. The lowest BCUT2D eigenvalue weighted by Gasteiger charge is -2.32. The van der Waals surface area contributed by atoms with Gasteiger partial charge in [-0.2, -0.15) is 0 Å². The minimum Gasteiger partial charge on any atom is -0.373 e. The van der Waals surface area contributed by atoms with Crippen LogP contribution in [-0.2, 0) is 0 Å². The number of carbonyl (C=O) groups is 1. The number of benzene rings is 1. The summed E-state index contributed by atoms with van der Waals surface area (Å²) in [6.07, 6.45) is 5.09. The number of piperidine rings is 1. The fraction of sp³-hybridized carbons (Fsp3) is 0.286. The van der Waals surface area contributed by atoms with E-state index in [0.717, 1.165) is 25.1 Å². The first-order valence-electron chi connectivity index (χ1n) is 9.77. The second kappa shape index (κ2) is 9.04. The zero-order valence-electron chi connectivity index (χ0n) is 16.5. The third-order valence-corrected chi connectivity index (χ3v) is 5.31. The standard InChI is InChI=1S/C21H22ClN7O/c1-23-18-11-19(26-13-25-18)28-21-24-9-8-17(27-21)15-3-2-10-29(12-15)20(30)14-4-6-16(22)7-5-14/h4-9,11,13,15H,2-3,10,12H2,1H3,(H2,23,24,25,26,27,28)/t15-/m1/s1. The van der Waals surface area contributed by atoms with Gasteiger partial charge in [-0.3, -0.25) is 4.79 Å². The molecular weight excluding hydrogens is 402 g/mol. The van der Waals surface area contributed by atoms with Gasteiger partial charge >= 0.3 is 0 Å². The van der Waals surface area contributed by atoms with Crippen molar-refractivity contribution in [2.45, 2.75) is 18.8 Å². The highest BCUT2D eigenvalue weighted by Gasteiger charge is 2.26. The van der Waals surface area contributed by atoms with Crippen LogP contribution in [0, 0.1) is 0 Å². The highest BCUT2D eigenvalue weighted by atomic mass is 35.5. The fourth-order valence-electron chi connectivity index (χ4n) is 3.52. The van der Waals surface area contributed by atoms with Crippen LogP contribution in [0.1, 0.15) is 34.8 Å². The van der Waals surface area contributed by atoms with Gasteiger partial charge in [-0.05, 0) is 43.2 Å². The maximum absolute atomic E-state index is 12.9. The molecule has 0 aliphatic carbocycles. The molecule has 3 aromatic rings. The highest BCUT2D eigenvalue weighted by Crippen LogP contribution is 2.27. The van der Waals surface area contributed by atoms with Crippen LogP contribution >= 0.6 is 11.6 Å². The average Bonchev–Trinajstić information content (AvgIpc) is 2.79. The predicted octanol–water partition coefficient (Wildman–Crippen LogP) is 3.73. The Labute approximate surface area is 179 Å². The number of halogens is 1. The van der Waals surface area contributed by atoms with E-state index in [1.165, 1.54) is 6.33 Å². The summed E-state index contributed by atoms with van der Waals surface area (Å²) in [7, 11) is 1.80. The second-order valence-corrected chi connectivity index (χ2v) is 7.50. The Morgan fingerprint density at radius 1 is 1.13 bits per heavy atom. The quantitative estimate of drug-likeness (QED) is 0.645. The molecule has 0 spiro atoms. The topological polar surface area (TPSA) is 95.9 Å². The normalized spacial score (nSPS) is 16.2. The summed E-state index contributed by atoms with van der Waals surface area (Å²) in [5.41, 5.74) is 1.55. The van der Waals surface area contributed by atoms with Gasteiger partial charge in [0.1, 0.15) is 18.0 Å². The predicted molar refractivity (Wildman–Crippen MR) is 116 cm³/mol. The summed E-state index contributed by atoms with van der Waals surface area (Å²) in [6, 6.07) is 10.7. The SMILES string of the molecule is CNc1cc(Nc2nccc([C@@H]3CCCN(C(=O)c4ccc(Cl)cc4)C3)n2)ncn1. The molecule has 0 saturated carbocycles. The number of carbonyl (C=O) groups excluding carboxylic acids is 1. The van der Waals surface area contributed by atoms with Crippen molar-refractivity contribution in [3.63, 3.8) is 0 Å².